The highest BCUT2D eigenvalue weighted by Gasteiger charge is 2.12. The van der Waals surface area contributed by atoms with Crippen LogP contribution >= 0.6 is 0 Å². The molecular formula is C18H19N5O. The Labute approximate surface area is 140 Å². The first-order valence-corrected chi connectivity index (χ1v) is 7.79. The van der Waals surface area contributed by atoms with Crippen LogP contribution in [0.15, 0.2) is 48.8 Å². The molecule has 0 spiro atoms. The summed E-state index contributed by atoms with van der Waals surface area (Å²) in [6.45, 7) is 5.91. The number of nitrogens with one attached hydrogen (secondary N) is 1. The number of nitrogens with zero attached hydrogens (tertiary/aromatic N) is 4. The highest BCUT2D eigenvalue weighted by atomic mass is 16.1. The summed E-state index contributed by atoms with van der Waals surface area (Å²) in [6, 6.07) is 13.9. The first kappa shape index (κ1) is 15.9. The molecule has 0 aliphatic carbocycles. The number of amides is 1. The number of carbonyl (C=O) groups excluding carboxylic acids is 1. The molecule has 0 aliphatic heterocycles. The molecule has 2 aromatic carbocycles. The summed E-state index contributed by atoms with van der Waals surface area (Å²) in [4.78, 5) is 12.4. The van der Waals surface area contributed by atoms with E-state index >= 15 is 0 Å². The van der Waals surface area contributed by atoms with Gasteiger partial charge in [-0.1, -0.05) is 29.8 Å². The van der Waals surface area contributed by atoms with Gasteiger partial charge in [-0.05, 0) is 60.5 Å². The lowest BCUT2D eigenvalue weighted by Gasteiger charge is -2.12. The second-order valence-electron chi connectivity index (χ2n) is 6.02. The first-order valence-electron chi connectivity index (χ1n) is 7.79. The van der Waals surface area contributed by atoms with Crippen LogP contribution in [0.4, 0.5) is 0 Å². The van der Waals surface area contributed by atoms with Gasteiger partial charge in [-0.2, -0.15) is 0 Å². The van der Waals surface area contributed by atoms with Crippen LogP contribution in [0, 0.1) is 6.92 Å². The molecule has 6 nitrogen and oxygen atoms in total. The Hall–Kier alpha value is -3.02. The number of benzene rings is 2. The zero-order chi connectivity index (χ0) is 17.1. The van der Waals surface area contributed by atoms with Crippen molar-refractivity contribution < 1.29 is 4.79 Å². The molecule has 1 amide bonds. The largest absolute Gasteiger partial charge is 0.350 e. The number of rotatable bonds is 4. The van der Waals surface area contributed by atoms with E-state index in [1.54, 1.807) is 10.7 Å². The highest BCUT2D eigenvalue weighted by Crippen LogP contribution is 2.24. The zero-order valence-corrected chi connectivity index (χ0v) is 13.9. The summed E-state index contributed by atoms with van der Waals surface area (Å²) in [7, 11) is 0. The minimum atomic E-state index is -0.117. The van der Waals surface area contributed by atoms with Crippen molar-refractivity contribution in [2.24, 2.45) is 0 Å². The molecule has 1 aromatic heterocycles. The van der Waals surface area contributed by atoms with Crippen LogP contribution in [0.2, 0.25) is 0 Å². The number of aryl methyl sites for hydroxylation is 1. The number of aromatic nitrogens is 4. The minimum Gasteiger partial charge on any atom is -0.350 e. The molecule has 24 heavy (non-hydrogen) atoms. The number of hydrogen-bond donors (Lipinski definition) is 1. The molecule has 0 saturated heterocycles. The Bertz CT molecular complexity index is 838. The molecule has 3 aromatic rings. The fourth-order valence-electron chi connectivity index (χ4n) is 2.41. The summed E-state index contributed by atoms with van der Waals surface area (Å²) in [6.07, 6.45) is 1.51. The topological polar surface area (TPSA) is 72.7 Å². The summed E-state index contributed by atoms with van der Waals surface area (Å²) in [5.41, 5.74) is 4.48. The lowest BCUT2D eigenvalue weighted by Crippen LogP contribution is -2.30. The third-order valence-corrected chi connectivity index (χ3v) is 3.60. The van der Waals surface area contributed by atoms with Gasteiger partial charge in [0.2, 0.25) is 0 Å². The van der Waals surface area contributed by atoms with Crippen LogP contribution in [-0.4, -0.2) is 32.2 Å². The average molecular weight is 321 g/mol. The molecule has 0 unspecified atom stereocenters. The van der Waals surface area contributed by atoms with Gasteiger partial charge in [0.25, 0.3) is 5.91 Å². The normalized spacial score (nSPS) is 10.8. The van der Waals surface area contributed by atoms with E-state index in [9.17, 15) is 4.79 Å². The second-order valence-corrected chi connectivity index (χ2v) is 6.02. The van der Waals surface area contributed by atoms with E-state index in [-0.39, 0.29) is 11.9 Å². The summed E-state index contributed by atoms with van der Waals surface area (Å²) >= 11 is 0. The third-order valence-electron chi connectivity index (χ3n) is 3.60. The quantitative estimate of drug-likeness (QED) is 0.802. The average Bonchev–Trinajstić information content (AvgIpc) is 3.09. The fraction of sp³-hybridized carbons (Fsp3) is 0.222. The standard InChI is InChI=1S/C18H19N5O/c1-12(2)20-18(24)16-8-15(14-6-4-13(3)5-7-14)9-17(10-16)23-11-19-21-22-23/h4-12H,1-3H3,(H,20,24). The van der Waals surface area contributed by atoms with E-state index in [1.807, 2.05) is 57.2 Å². The van der Waals surface area contributed by atoms with E-state index in [0.717, 1.165) is 16.8 Å². The molecule has 0 aliphatic rings. The Kier molecular flexibility index (Phi) is 4.37. The van der Waals surface area contributed by atoms with Crippen LogP contribution in [0.25, 0.3) is 16.8 Å². The predicted molar refractivity (Wildman–Crippen MR) is 91.9 cm³/mol. The summed E-state index contributed by atoms with van der Waals surface area (Å²) in [5, 5.41) is 14.2. The molecule has 0 atom stereocenters. The van der Waals surface area contributed by atoms with E-state index in [4.69, 9.17) is 0 Å². The Morgan fingerprint density at radius 3 is 2.46 bits per heavy atom. The summed E-state index contributed by atoms with van der Waals surface area (Å²) < 4.78 is 1.55. The smallest absolute Gasteiger partial charge is 0.251 e. The Morgan fingerprint density at radius 1 is 1.08 bits per heavy atom. The molecule has 1 heterocycles. The van der Waals surface area contributed by atoms with Crippen LogP contribution in [-0.2, 0) is 0 Å². The van der Waals surface area contributed by atoms with Crippen LogP contribution in [0.5, 0.6) is 0 Å². The molecule has 0 bridgehead atoms. The second kappa shape index (κ2) is 6.62. The van der Waals surface area contributed by atoms with Gasteiger partial charge in [0.15, 0.2) is 0 Å². The van der Waals surface area contributed by atoms with Crippen molar-refractivity contribution >= 4 is 5.91 Å². The molecule has 3 rings (SSSR count). The van der Waals surface area contributed by atoms with E-state index in [1.165, 1.54) is 11.9 Å². The van der Waals surface area contributed by atoms with Crippen molar-refractivity contribution in [1.29, 1.82) is 0 Å². The van der Waals surface area contributed by atoms with Gasteiger partial charge in [-0.15, -0.1) is 5.10 Å². The zero-order valence-electron chi connectivity index (χ0n) is 13.9. The van der Waals surface area contributed by atoms with Crippen molar-refractivity contribution in [2.75, 3.05) is 0 Å². The van der Waals surface area contributed by atoms with Crippen molar-refractivity contribution in [3.05, 3.63) is 59.9 Å². The Balaban J connectivity index is 2.09. The maximum Gasteiger partial charge on any atom is 0.251 e. The molecule has 1 N–H and O–H groups in total. The first-order chi connectivity index (χ1) is 11.5. The molecule has 0 radical (unpaired) electrons. The van der Waals surface area contributed by atoms with E-state index < -0.39 is 0 Å². The molecule has 0 saturated carbocycles. The fourth-order valence-corrected chi connectivity index (χ4v) is 2.41. The van der Waals surface area contributed by atoms with Gasteiger partial charge >= 0.3 is 0 Å². The Morgan fingerprint density at radius 2 is 1.83 bits per heavy atom. The molecular weight excluding hydrogens is 302 g/mol. The highest BCUT2D eigenvalue weighted by molar-refractivity contribution is 5.96. The number of hydrogen-bond acceptors (Lipinski definition) is 4. The molecule has 122 valence electrons. The van der Waals surface area contributed by atoms with Crippen molar-refractivity contribution in [1.82, 2.24) is 25.5 Å². The predicted octanol–water partition coefficient (Wildman–Crippen LogP) is 2.78. The van der Waals surface area contributed by atoms with Gasteiger partial charge in [-0.25, -0.2) is 4.68 Å². The van der Waals surface area contributed by atoms with Gasteiger partial charge in [0.05, 0.1) is 5.69 Å². The van der Waals surface area contributed by atoms with Gasteiger partial charge < -0.3 is 5.32 Å². The van der Waals surface area contributed by atoms with Crippen molar-refractivity contribution in [3.63, 3.8) is 0 Å². The SMILES string of the molecule is Cc1ccc(-c2cc(C(=O)NC(C)C)cc(-n3cnnn3)c2)cc1. The van der Waals surface area contributed by atoms with Gasteiger partial charge in [-0.3, -0.25) is 4.79 Å². The maximum absolute atomic E-state index is 12.4. The van der Waals surface area contributed by atoms with E-state index in [2.05, 4.69) is 20.8 Å². The monoisotopic (exact) mass is 321 g/mol. The van der Waals surface area contributed by atoms with Crippen LogP contribution in [0.1, 0.15) is 29.8 Å². The van der Waals surface area contributed by atoms with Crippen LogP contribution < -0.4 is 5.32 Å². The lowest BCUT2D eigenvalue weighted by molar-refractivity contribution is 0.0943. The third kappa shape index (κ3) is 3.48. The lowest BCUT2D eigenvalue weighted by atomic mass is 10.0. The van der Waals surface area contributed by atoms with Crippen LogP contribution in [0.3, 0.4) is 0 Å². The van der Waals surface area contributed by atoms with Gasteiger partial charge in [0.1, 0.15) is 6.33 Å². The minimum absolute atomic E-state index is 0.0667. The van der Waals surface area contributed by atoms with E-state index in [0.29, 0.717) is 5.56 Å². The van der Waals surface area contributed by atoms with Crippen molar-refractivity contribution in [2.45, 2.75) is 26.8 Å². The van der Waals surface area contributed by atoms with Gasteiger partial charge in [0, 0.05) is 11.6 Å². The maximum atomic E-state index is 12.4. The number of carbonyl (C=O) groups is 1. The van der Waals surface area contributed by atoms with Crippen molar-refractivity contribution in [3.8, 4) is 16.8 Å². The molecule has 0 fully saturated rings. The molecule has 6 heteroatoms. The summed E-state index contributed by atoms with van der Waals surface area (Å²) in [5.74, 6) is -0.117. The number of tetrazole rings is 1.